The van der Waals surface area contributed by atoms with Gasteiger partial charge in [-0.25, -0.2) is 4.39 Å². The van der Waals surface area contributed by atoms with E-state index in [1.54, 1.807) is 30.5 Å². The zero-order valence-corrected chi connectivity index (χ0v) is 13.7. The quantitative estimate of drug-likeness (QED) is 0.867. The van der Waals surface area contributed by atoms with Gasteiger partial charge in [0.1, 0.15) is 17.3 Å². The van der Waals surface area contributed by atoms with Crippen molar-refractivity contribution >= 4 is 5.91 Å². The third kappa shape index (κ3) is 4.52. The molecule has 0 spiro atoms. The summed E-state index contributed by atoms with van der Waals surface area (Å²) in [5.41, 5.74) is 5.90. The van der Waals surface area contributed by atoms with E-state index < -0.39 is 5.54 Å². The Bertz CT molecular complexity index is 731. The molecule has 132 valence electrons. The van der Waals surface area contributed by atoms with E-state index in [0.29, 0.717) is 43.2 Å². The summed E-state index contributed by atoms with van der Waals surface area (Å²) >= 11 is 0. The molecule has 0 aliphatic carbocycles. The lowest BCUT2D eigenvalue weighted by molar-refractivity contribution is -0.129. The van der Waals surface area contributed by atoms with Gasteiger partial charge in [-0.3, -0.25) is 9.78 Å². The van der Waals surface area contributed by atoms with Crippen LogP contribution in [-0.4, -0.2) is 29.6 Å². The summed E-state index contributed by atoms with van der Waals surface area (Å²) in [7, 11) is 0. The fourth-order valence-electron chi connectivity index (χ4n) is 2.56. The molecule has 3 rings (SSSR count). The van der Waals surface area contributed by atoms with E-state index in [1.165, 1.54) is 12.1 Å². The average molecular weight is 345 g/mol. The van der Waals surface area contributed by atoms with Crippen LogP contribution in [0.1, 0.15) is 18.5 Å². The summed E-state index contributed by atoms with van der Waals surface area (Å²) in [5.74, 6) is 0.543. The van der Waals surface area contributed by atoms with Crippen molar-refractivity contribution in [2.24, 2.45) is 5.73 Å². The maximum absolute atomic E-state index is 12.9. The smallest absolute Gasteiger partial charge is 0.240 e. The van der Waals surface area contributed by atoms with Gasteiger partial charge < -0.3 is 20.5 Å². The number of benzene rings is 1. The Balaban J connectivity index is 1.59. The van der Waals surface area contributed by atoms with Crippen molar-refractivity contribution in [2.45, 2.75) is 24.9 Å². The number of carbonyl (C=O) groups is 1. The molecule has 1 aliphatic rings. The van der Waals surface area contributed by atoms with E-state index in [9.17, 15) is 9.18 Å². The number of carbonyl (C=O) groups excluding carboxylic acids is 1. The number of amides is 1. The monoisotopic (exact) mass is 345 g/mol. The standard InChI is InChI=1S/C18H20FN3O3/c19-13-1-3-15(4-2-13)25-16-5-8-21-14(11-16)12-22-17(23)18(20)6-9-24-10-7-18/h1-5,8,11H,6-7,9-10,12,20H2,(H,22,23). The van der Waals surface area contributed by atoms with Gasteiger partial charge in [-0.2, -0.15) is 0 Å². The molecule has 7 heteroatoms. The van der Waals surface area contributed by atoms with Crippen LogP contribution in [0.3, 0.4) is 0 Å². The van der Waals surface area contributed by atoms with Crippen molar-refractivity contribution in [3.05, 3.63) is 54.1 Å². The van der Waals surface area contributed by atoms with Crippen molar-refractivity contribution in [1.29, 1.82) is 0 Å². The van der Waals surface area contributed by atoms with E-state index >= 15 is 0 Å². The van der Waals surface area contributed by atoms with Crippen LogP contribution in [0.5, 0.6) is 11.5 Å². The molecule has 1 aromatic heterocycles. The molecule has 1 aliphatic heterocycles. The molecule has 0 unspecified atom stereocenters. The molecule has 2 heterocycles. The predicted octanol–water partition coefficient (Wildman–Crippen LogP) is 2.14. The van der Waals surface area contributed by atoms with Gasteiger partial charge in [-0.15, -0.1) is 0 Å². The zero-order valence-electron chi connectivity index (χ0n) is 13.7. The lowest BCUT2D eigenvalue weighted by atomic mass is 9.90. The highest BCUT2D eigenvalue weighted by molar-refractivity contribution is 5.86. The Morgan fingerprint density at radius 2 is 1.96 bits per heavy atom. The first-order valence-electron chi connectivity index (χ1n) is 8.08. The highest BCUT2D eigenvalue weighted by atomic mass is 19.1. The highest BCUT2D eigenvalue weighted by Crippen LogP contribution is 2.22. The first-order chi connectivity index (χ1) is 12.0. The lowest BCUT2D eigenvalue weighted by Gasteiger charge is -2.31. The van der Waals surface area contributed by atoms with Gasteiger partial charge in [0.05, 0.1) is 17.8 Å². The lowest BCUT2D eigenvalue weighted by Crippen LogP contribution is -2.56. The molecule has 25 heavy (non-hydrogen) atoms. The number of nitrogens with one attached hydrogen (secondary N) is 1. The molecular formula is C18H20FN3O3. The molecule has 1 fully saturated rings. The summed E-state index contributed by atoms with van der Waals surface area (Å²) in [6.45, 7) is 1.23. The topological polar surface area (TPSA) is 86.5 Å². The summed E-state index contributed by atoms with van der Waals surface area (Å²) < 4.78 is 23.8. The second kappa shape index (κ2) is 7.58. The van der Waals surface area contributed by atoms with E-state index in [4.69, 9.17) is 15.2 Å². The molecule has 3 N–H and O–H groups in total. The van der Waals surface area contributed by atoms with Crippen molar-refractivity contribution in [1.82, 2.24) is 10.3 Å². The van der Waals surface area contributed by atoms with Gasteiger partial charge in [-0.1, -0.05) is 0 Å². The first kappa shape index (κ1) is 17.3. The van der Waals surface area contributed by atoms with Crippen molar-refractivity contribution < 1.29 is 18.7 Å². The van der Waals surface area contributed by atoms with E-state index in [1.807, 2.05) is 0 Å². The Hall–Kier alpha value is -2.51. The van der Waals surface area contributed by atoms with Gasteiger partial charge in [0.15, 0.2) is 0 Å². The summed E-state index contributed by atoms with van der Waals surface area (Å²) in [6, 6.07) is 9.15. The number of hydrogen-bond acceptors (Lipinski definition) is 5. The number of pyridine rings is 1. The molecule has 0 saturated carbocycles. The van der Waals surface area contributed by atoms with Crippen LogP contribution in [0.15, 0.2) is 42.6 Å². The van der Waals surface area contributed by atoms with Crippen LogP contribution in [0.2, 0.25) is 0 Å². The number of nitrogens with two attached hydrogens (primary N) is 1. The number of aromatic nitrogens is 1. The van der Waals surface area contributed by atoms with Crippen molar-refractivity contribution in [2.75, 3.05) is 13.2 Å². The van der Waals surface area contributed by atoms with Crippen molar-refractivity contribution in [3.8, 4) is 11.5 Å². The largest absolute Gasteiger partial charge is 0.457 e. The van der Waals surface area contributed by atoms with Crippen LogP contribution in [0.25, 0.3) is 0 Å². The zero-order chi connectivity index (χ0) is 17.7. The normalized spacial score (nSPS) is 16.2. The van der Waals surface area contributed by atoms with Crippen LogP contribution in [0.4, 0.5) is 4.39 Å². The second-order valence-corrected chi connectivity index (χ2v) is 5.99. The SMILES string of the molecule is NC1(C(=O)NCc2cc(Oc3ccc(F)cc3)ccn2)CCOCC1. The molecule has 0 radical (unpaired) electrons. The van der Waals surface area contributed by atoms with Crippen LogP contribution in [0, 0.1) is 5.82 Å². The first-order valence-corrected chi connectivity index (χ1v) is 8.08. The maximum Gasteiger partial charge on any atom is 0.240 e. The Labute approximate surface area is 145 Å². The molecule has 0 bridgehead atoms. The van der Waals surface area contributed by atoms with E-state index in [2.05, 4.69) is 10.3 Å². The Kier molecular flexibility index (Phi) is 5.25. The van der Waals surface area contributed by atoms with E-state index in [-0.39, 0.29) is 18.3 Å². The minimum Gasteiger partial charge on any atom is -0.457 e. The summed E-state index contributed by atoms with van der Waals surface area (Å²) in [5, 5.41) is 2.82. The second-order valence-electron chi connectivity index (χ2n) is 5.99. The number of halogens is 1. The third-order valence-electron chi connectivity index (χ3n) is 4.10. The molecule has 1 aromatic carbocycles. The molecule has 2 aromatic rings. The number of ether oxygens (including phenoxy) is 2. The molecule has 1 amide bonds. The third-order valence-corrected chi connectivity index (χ3v) is 4.10. The van der Waals surface area contributed by atoms with Gasteiger partial charge in [-0.05, 0) is 43.2 Å². The fraction of sp³-hybridized carbons (Fsp3) is 0.333. The number of nitrogens with zero attached hydrogens (tertiary/aromatic N) is 1. The Morgan fingerprint density at radius 1 is 1.24 bits per heavy atom. The summed E-state index contributed by atoms with van der Waals surface area (Å²) in [6.07, 6.45) is 2.59. The number of hydrogen-bond donors (Lipinski definition) is 2. The highest BCUT2D eigenvalue weighted by Gasteiger charge is 2.35. The Morgan fingerprint density at radius 3 is 2.68 bits per heavy atom. The average Bonchev–Trinajstić information content (AvgIpc) is 2.62. The molecule has 0 atom stereocenters. The van der Waals surface area contributed by atoms with Crippen LogP contribution < -0.4 is 15.8 Å². The van der Waals surface area contributed by atoms with Gasteiger partial charge in [0, 0.05) is 25.5 Å². The molecular weight excluding hydrogens is 325 g/mol. The van der Waals surface area contributed by atoms with Crippen LogP contribution in [-0.2, 0) is 16.1 Å². The van der Waals surface area contributed by atoms with E-state index in [0.717, 1.165) is 0 Å². The van der Waals surface area contributed by atoms with Crippen molar-refractivity contribution in [3.63, 3.8) is 0 Å². The van der Waals surface area contributed by atoms with Gasteiger partial charge in [0.2, 0.25) is 5.91 Å². The van der Waals surface area contributed by atoms with Gasteiger partial charge >= 0.3 is 0 Å². The maximum atomic E-state index is 12.9. The minimum absolute atomic E-state index is 0.206. The molecule has 1 saturated heterocycles. The minimum atomic E-state index is -0.888. The fourth-order valence-corrected chi connectivity index (χ4v) is 2.56. The summed E-state index contributed by atoms with van der Waals surface area (Å²) in [4.78, 5) is 16.5. The number of rotatable bonds is 5. The predicted molar refractivity (Wildman–Crippen MR) is 89.5 cm³/mol. The molecule has 6 nitrogen and oxygen atoms in total. The van der Waals surface area contributed by atoms with Gasteiger partial charge in [0.25, 0.3) is 0 Å². The van der Waals surface area contributed by atoms with Crippen LogP contribution >= 0.6 is 0 Å².